The van der Waals surface area contributed by atoms with Crippen LogP contribution in [0, 0.1) is 17.7 Å². The number of hydrogen-bond acceptors (Lipinski definition) is 3. The second kappa shape index (κ2) is 6.89. The van der Waals surface area contributed by atoms with Gasteiger partial charge in [0.15, 0.2) is 5.84 Å². The molecule has 21 heavy (non-hydrogen) atoms. The summed E-state index contributed by atoms with van der Waals surface area (Å²) in [5.74, 6) is 0.885. The third-order valence-electron chi connectivity index (χ3n) is 4.72. The van der Waals surface area contributed by atoms with Gasteiger partial charge in [-0.3, -0.25) is 0 Å². The molecule has 4 nitrogen and oxygen atoms in total. The van der Waals surface area contributed by atoms with Crippen LogP contribution in [-0.4, -0.2) is 17.1 Å². The van der Waals surface area contributed by atoms with Crippen molar-refractivity contribution in [3.05, 3.63) is 35.1 Å². The number of nitrogens with two attached hydrogens (primary N) is 1. The van der Waals surface area contributed by atoms with Crippen molar-refractivity contribution in [1.82, 2.24) is 5.32 Å². The fraction of sp³-hybridized carbons (Fsp3) is 0.562. The van der Waals surface area contributed by atoms with E-state index in [-0.39, 0.29) is 11.7 Å². The maximum atomic E-state index is 13.3. The van der Waals surface area contributed by atoms with Gasteiger partial charge < -0.3 is 16.3 Å². The van der Waals surface area contributed by atoms with Crippen LogP contribution in [0.1, 0.15) is 44.2 Å². The third-order valence-corrected chi connectivity index (χ3v) is 4.72. The molecule has 3 unspecified atom stereocenters. The van der Waals surface area contributed by atoms with E-state index in [1.54, 1.807) is 6.07 Å². The monoisotopic (exact) mass is 293 g/mol. The summed E-state index contributed by atoms with van der Waals surface area (Å²) in [4.78, 5) is 0. The van der Waals surface area contributed by atoms with E-state index in [2.05, 4.69) is 24.3 Å². The highest BCUT2D eigenvalue weighted by Crippen LogP contribution is 2.29. The maximum Gasteiger partial charge on any atom is 0.170 e. The summed E-state index contributed by atoms with van der Waals surface area (Å²) in [6, 6.07) is 4.85. The number of nitrogens with zero attached hydrogens (tertiary/aromatic N) is 1. The second-order valence-corrected chi connectivity index (χ2v) is 6.04. The van der Waals surface area contributed by atoms with Crippen LogP contribution < -0.4 is 11.1 Å². The van der Waals surface area contributed by atoms with Gasteiger partial charge in [-0.25, -0.2) is 4.39 Å². The van der Waals surface area contributed by atoms with E-state index in [1.165, 1.54) is 25.0 Å². The first kappa shape index (κ1) is 15.8. The lowest BCUT2D eigenvalue weighted by Gasteiger charge is -2.35. The summed E-state index contributed by atoms with van der Waals surface area (Å²) in [6.07, 6.45) is 3.68. The Labute approximate surface area is 125 Å². The molecule has 116 valence electrons. The van der Waals surface area contributed by atoms with Gasteiger partial charge in [-0.15, -0.1) is 0 Å². The smallest absolute Gasteiger partial charge is 0.170 e. The summed E-state index contributed by atoms with van der Waals surface area (Å²) in [6.45, 7) is 5.16. The highest BCUT2D eigenvalue weighted by Gasteiger charge is 2.26. The molecule has 1 fully saturated rings. The predicted molar refractivity (Wildman–Crippen MR) is 81.7 cm³/mol. The molecule has 0 heterocycles. The van der Waals surface area contributed by atoms with Crippen LogP contribution in [0.15, 0.2) is 23.4 Å². The number of hydrogen-bond donors (Lipinski definition) is 3. The Balaban J connectivity index is 2.09. The molecule has 1 aromatic rings. The summed E-state index contributed by atoms with van der Waals surface area (Å²) in [5.41, 5.74) is 6.92. The van der Waals surface area contributed by atoms with E-state index < -0.39 is 0 Å². The van der Waals surface area contributed by atoms with Gasteiger partial charge in [-0.1, -0.05) is 37.9 Å². The normalized spacial score (nSPS) is 26.8. The van der Waals surface area contributed by atoms with Crippen LogP contribution >= 0.6 is 0 Å². The molecule has 4 N–H and O–H groups in total. The van der Waals surface area contributed by atoms with Crippen molar-refractivity contribution in [3.8, 4) is 0 Å². The van der Waals surface area contributed by atoms with Crippen molar-refractivity contribution in [2.24, 2.45) is 22.7 Å². The molecular weight excluding hydrogens is 269 g/mol. The highest BCUT2D eigenvalue weighted by atomic mass is 19.1. The number of nitrogens with one attached hydrogen (secondary N) is 1. The highest BCUT2D eigenvalue weighted by molar-refractivity contribution is 5.98. The predicted octanol–water partition coefficient (Wildman–Crippen LogP) is 2.83. The Hall–Kier alpha value is -1.62. The van der Waals surface area contributed by atoms with E-state index >= 15 is 0 Å². The van der Waals surface area contributed by atoms with Crippen molar-refractivity contribution >= 4 is 5.84 Å². The molecule has 1 aliphatic rings. The van der Waals surface area contributed by atoms with Crippen LogP contribution in [-0.2, 0) is 6.54 Å². The topological polar surface area (TPSA) is 70.6 Å². The number of amidine groups is 1. The van der Waals surface area contributed by atoms with Gasteiger partial charge in [0, 0.05) is 18.2 Å². The number of rotatable bonds is 4. The molecule has 1 saturated carbocycles. The van der Waals surface area contributed by atoms with Crippen LogP contribution in [0.2, 0.25) is 0 Å². The van der Waals surface area contributed by atoms with Crippen molar-refractivity contribution < 1.29 is 9.60 Å². The Morgan fingerprint density at radius 2 is 2.19 bits per heavy atom. The minimum Gasteiger partial charge on any atom is -0.409 e. The van der Waals surface area contributed by atoms with Gasteiger partial charge in [0.2, 0.25) is 0 Å². The van der Waals surface area contributed by atoms with Gasteiger partial charge in [0.05, 0.1) is 0 Å². The Kier molecular flexibility index (Phi) is 5.17. The molecule has 1 aromatic carbocycles. The number of halogens is 1. The third kappa shape index (κ3) is 3.73. The molecule has 5 heteroatoms. The van der Waals surface area contributed by atoms with Gasteiger partial charge >= 0.3 is 0 Å². The molecule has 0 spiro atoms. The van der Waals surface area contributed by atoms with Crippen LogP contribution in [0.5, 0.6) is 0 Å². The molecule has 0 aliphatic heterocycles. The van der Waals surface area contributed by atoms with Crippen molar-refractivity contribution in [1.29, 1.82) is 0 Å². The minimum atomic E-state index is -0.389. The zero-order chi connectivity index (χ0) is 15.4. The van der Waals surface area contributed by atoms with E-state index in [0.29, 0.717) is 30.0 Å². The molecule has 0 radical (unpaired) electrons. The lowest BCUT2D eigenvalue weighted by molar-refractivity contribution is 0.206. The summed E-state index contributed by atoms with van der Waals surface area (Å²) >= 11 is 0. The Bertz CT molecular complexity index is 518. The summed E-state index contributed by atoms with van der Waals surface area (Å²) in [7, 11) is 0. The molecule has 0 aromatic heterocycles. The zero-order valence-corrected chi connectivity index (χ0v) is 12.6. The van der Waals surface area contributed by atoms with Crippen LogP contribution in [0.25, 0.3) is 0 Å². The first-order valence-electron chi connectivity index (χ1n) is 7.52. The van der Waals surface area contributed by atoms with E-state index in [1.807, 2.05) is 0 Å². The van der Waals surface area contributed by atoms with Crippen LogP contribution in [0.3, 0.4) is 0 Å². The summed E-state index contributed by atoms with van der Waals surface area (Å²) < 4.78 is 13.3. The van der Waals surface area contributed by atoms with E-state index in [4.69, 9.17) is 10.9 Å². The number of oxime groups is 1. The molecule has 0 saturated heterocycles. The lowest BCUT2D eigenvalue weighted by atomic mass is 9.78. The van der Waals surface area contributed by atoms with E-state index in [0.717, 1.165) is 12.0 Å². The molecule has 2 rings (SSSR count). The molecular formula is C16H24FN3O. The van der Waals surface area contributed by atoms with Gasteiger partial charge in [-0.05, 0) is 36.0 Å². The zero-order valence-electron chi connectivity index (χ0n) is 12.6. The standard InChI is InChI=1S/C16H24FN3O/c1-10-4-3-5-15(11(10)2)19-9-12-6-7-13(17)8-14(12)16(18)20-21/h6-8,10-11,15,19,21H,3-5,9H2,1-2H3,(H2,18,20). The lowest BCUT2D eigenvalue weighted by Crippen LogP contribution is -2.40. The quantitative estimate of drug-likeness (QED) is 0.346. The van der Waals surface area contributed by atoms with Gasteiger partial charge in [0.1, 0.15) is 5.82 Å². The van der Waals surface area contributed by atoms with Gasteiger partial charge in [-0.2, -0.15) is 0 Å². The fourth-order valence-electron chi connectivity index (χ4n) is 3.11. The second-order valence-electron chi connectivity index (χ2n) is 6.04. The summed E-state index contributed by atoms with van der Waals surface area (Å²) in [5, 5.41) is 15.3. The van der Waals surface area contributed by atoms with Crippen LogP contribution in [0.4, 0.5) is 4.39 Å². The Morgan fingerprint density at radius 3 is 2.90 bits per heavy atom. The minimum absolute atomic E-state index is 0.0589. The van der Waals surface area contributed by atoms with Crippen molar-refractivity contribution in [2.75, 3.05) is 0 Å². The average Bonchev–Trinajstić information content (AvgIpc) is 2.49. The average molecular weight is 293 g/mol. The van der Waals surface area contributed by atoms with Crippen molar-refractivity contribution in [2.45, 2.75) is 45.7 Å². The van der Waals surface area contributed by atoms with E-state index in [9.17, 15) is 4.39 Å². The molecule has 1 aliphatic carbocycles. The number of benzene rings is 1. The van der Waals surface area contributed by atoms with Gasteiger partial charge in [0.25, 0.3) is 0 Å². The SMILES string of the molecule is CC1CCCC(NCc2ccc(F)cc2C(N)=NO)C1C. The largest absolute Gasteiger partial charge is 0.409 e. The molecule has 0 amide bonds. The molecule has 0 bridgehead atoms. The molecule has 3 atom stereocenters. The fourth-order valence-corrected chi connectivity index (χ4v) is 3.11. The van der Waals surface area contributed by atoms with Crippen molar-refractivity contribution in [3.63, 3.8) is 0 Å². The first-order valence-corrected chi connectivity index (χ1v) is 7.52. The first-order chi connectivity index (χ1) is 10.0. The maximum absolute atomic E-state index is 13.3. The Morgan fingerprint density at radius 1 is 1.43 bits per heavy atom.